The zero-order chi connectivity index (χ0) is 19.8. The molecular weight excluding hydrogens is 409 g/mol. The van der Waals surface area contributed by atoms with E-state index in [0.29, 0.717) is 33.6 Å². The molecule has 148 valence electrons. The zero-order valence-electron chi connectivity index (χ0n) is 14.4. The van der Waals surface area contributed by atoms with Crippen molar-refractivity contribution < 1.29 is 20.1 Å². The maximum atomic E-state index is 10.2. The van der Waals surface area contributed by atoms with Gasteiger partial charge in [0.2, 0.25) is 0 Å². The van der Waals surface area contributed by atoms with Crippen LogP contribution in [0.25, 0.3) is 11.2 Å². The Morgan fingerprint density at radius 1 is 1.14 bits per heavy atom. The second-order valence-electron chi connectivity index (χ2n) is 6.36. The molecule has 0 spiro atoms. The predicted molar refractivity (Wildman–Crippen MR) is 102 cm³/mol. The molecule has 28 heavy (non-hydrogen) atoms. The fourth-order valence-corrected chi connectivity index (χ4v) is 3.51. The third-order valence-electron chi connectivity index (χ3n) is 4.60. The van der Waals surface area contributed by atoms with Gasteiger partial charge in [0.15, 0.2) is 23.2 Å². The van der Waals surface area contributed by atoms with Crippen molar-refractivity contribution >= 4 is 40.2 Å². The van der Waals surface area contributed by atoms with Gasteiger partial charge in [0.05, 0.1) is 12.9 Å². The lowest BCUT2D eigenvalue weighted by atomic mass is 10.1. The summed E-state index contributed by atoms with van der Waals surface area (Å²) in [6.45, 7) is -0.0459. The van der Waals surface area contributed by atoms with Crippen LogP contribution < -0.4 is 5.32 Å². The van der Waals surface area contributed by atoms with Crippen molar-refractivity contribution in [1.82, 2.24) is 19.5 Å². The number of aromatic nitrogens is 4. The molecule has 0 aliphatic carbocycles. The summed E-state index contributed by atoms with van der Waals surface area (Å²) in [4.78, 5) is 12.7. The van der Waals surface area contributed by atoms with E-state index in [-0.39, 0.29) is 0 Å². The summed E-state index contributed by atoms with van der Waals surface area (Å²) < 4.78 is 7.04. The van der Waals surface area contributed by atoms with Crippen LogP contribution in [0.5, 0.6) is 0 Å². The van der Waals surface area contributed by atoms with Gasteiger partial charge in [-0.3, -0.25) is 4.57 Å². The maximum absolute atomic E-state index is 10.2. The largest absolute Gasteiger partial charge is 0.394 e. The molecule has 1 fully saturated rings. The van der Waals surface area contributed by atoms with Gasteiger partial charge >= 0.3 is 0 Å². The highest BCUT2D eigenvalue weighted by molar-refractivity contribution is 6.33. The van der Waals surface area contributed by atoms with E-state index in [4.69, 9.17) is 27.9 Å². The Hall–Kier alpha value is -2.01. The van der Waals surface area contributed by atoms with Crippen molar-refractivity contribution in [2.75, 3.05) is 11.9 Å². The quantitative estimate of drug-likeness (QED) is 0.482. The number of hydrogen-bond acceptors (Lipinski definition) is 8. The van der Waals surface area contributed by atoms with E-state index >= 15 is 0 Å². The lowest BCUT2D eigenvalue weighted by Crippen LogP contribution is -2.33. The molecule has 4 rings (SSSR count). The van der Waals surface area contributed by atoms with Crippen LogP contribution in [0.2, 0.25) is 10.0 Å². The Labute approximate surface area is 169 Å². The average Bonchev–Trinajstić information content (AvgIpc) is 3.24. The molecule has 3 aromatic rings. The number of anilines is 1. The minimum absolute atomic E-state index is 0.367. The average molecular weight is 426 g/mol. The lowest BCUT2D eigenvalue weighted by Gasteiger charge is -2.16. The van der Waals surface area contributed by atoms with Crippen LogP contribution in [-0.4, -0.2) is 59.8 Å². The Morgan fingerprint density at radius 3 is 2.71 bits per heavy atom. The first-order valence-corrected chi connectivity index (χ1v) is 9.23. The van der Waals surface area contributed by atoms with Gasteiger partial charge in [0.1, 0.15) is 24.6 Å². The molecule has 2 aromatic heterocycles. The molecular formula is C17H17Cl2N5O4. The number of fused-ring (bicyclic) bond motifs is 1. The van der Waals surface area contributed by atoms with E-state index in [1.807, 2.05) is 0 Å². The number of rotatable bonds is 5. The Balaban J connectivity index is 1.61. The fourth-order valence-electron chi connectivity index (χ4n) is 3.14. The maximum Gasteiger partial charge on any atom is 0.167 e. The van der Waals surface area contributed by atoms with Crippen LogP contribution in [-0.2, 0) is 11.3 Å². The predicted octanol–water partition coefficient (Wildman–Crippen LogP) is 1.36. The van der Waals surface area contributed by atoms with E-state index in [1.165, 1.54) is 17.2 Å². The normalized spacial score (nSPS) is 24.8. The smallest absolute Gasteiger partial charge is 0.167 e. The third kappa shape index (κ3) is 3.41. The first-order valence-electron chi connectivity index (χ1n) is 8.47. The summed E-state index contributed by atoms with van der Waals surface area (Å²) in [5.41, 5.74) is 1.66. The van der Waals surface area contributed by atoms with Crippen molar-refractivity contribution in [2.24, 2.45) is 0 Å². The third-order valence-corrected chi connectivity index (χ3v) is 5.21. The molecule has 1 saturated heterocycles. The highest BCUT2D eigenvalue weighted by atomic mass is 35.5. The van der Waals surface area contributed by atoms with Gasteiger partial charge in [0, 0.05) is 16.6 Å². The second-order valence-corrected chi connectivity index (χ2v) is 7.21. The van der Waals surface area contributed by atoms with Crippen molar-refractivity contribution in [3.05, 3.63) is 46.5 Å². The van der Waals surface area contributed by atoms with Gasteiger partial charge in [-0.05, 0) is 23.8 Å². The molecule has 4 N–H and O–H groups in total. The molecule has 1 aliphatic rings. The Kier molecular flexibility index (Phi) is 5.37. The van der Waals surface area contributed by atoms with Crippen LogP contribution in [0.3, 0.4) is 0 Å². The van der Waals surface area contributed by atoms with Crippen molar-refractivity contribution in [3.63, 3.8) is 0 Å². The molecule has 11 heteroatoms. The summed E-state index contributed by atoms with van der Waals surface area (Å²) >= 11 is 12.2. The van der Waals surface area contributed by atoms with E-state index in [9.17, 15) is 15.3 Å². The molecule has 1 aromatic carbocycles. The first kappa shape index (κ1) is 19.3. The van der Waals surface area contributed by atoms with Gasteiger partial charge in [0.25, 0.3) is 0 Å². The number of benzene rings is 1. The van der Waals surface area contributed by atoms with Crippen molar-refractivity contribution in [2.45, 2.75) is 31.1 Å². The summed E-state index contributed by atoms with van der Waals surface area (Å²) in [5, 5.41) is 33.8. The van der Waals surface area contributed by atoms with Crippen LogP contribution in [0.1, 0.15) is 11.8 Å². The molecule has 3 heterocycles. The highest BCUT2D eigenvalue weighted by Crippen LogP contribution is 2.32. The zero-order valence-corrected chi connectivity index (χ0v) is 15.9. The minimum atomic E-state index is -1.23. The summed E-state index contributed by atoms with van der Waals surface area (Å²) in [7, 11) is 0. The fraction of sp³-hybridized carbons (Fsp3) is 0.353. The van der Waals surface area contributed by atoms with E-state index in [0.717, 1.165) is 5.56 Å². The summed E-state index contributed by atoms with van der Waals surface area (Å²) in [6, 6.07) is 5.18. The number of nitrogens with one attached hydrogen (secondary N) is 1. The highest BCUT2D eigenvalue weighted by Gasteiger charge is 2.44. The van der Waals surface area contributed by atoms with Crippen LogP contribution in [0.15, 0.2) is 30.9 Å². The topological polar surface area (TPSA) is 126 Å². The van der Waals surface area contributed by atoms with Gasteiger partial charge in [-0.25, -0.2) is 15.0 Å². The molecule has 0 radical (unpaired) electrons. The molecule has 0 amide bonds. The number of halogens is 2. The second kappa shape index (κ2) is 7.78. The monoisotopic (exact) mass is 425 g/mol. The standard InChI is InChI=1S/C17H17Cl2N5O4/c18-9-1-2-10(19)8(3-9)4-20-15-12-16(22-6-21-15)24(7-23-12)17-14(27)13(26)11(5-25)28-17/h1-3,6-7,11,13-14,17,25-27H,4-5H2,(H,20,21,22)/t11-,13-,14-,17?/m1/s1. The van der Waals surface area contributed by atoms with Gasteiger partial charge in [-0.2, -0.15) is 0 Å². The summed E-state index contributed by atoms with van der Waals surface area (Å²) in [6.07, 6.45) is -1.46. The van der Waals surface area contributed by atoms with E-state index in [2.05, 4.69) is 20.3 Å². The van der Waals surface area contributed by atoms with E-state index in [1.54, 1.807) is 18.2 Å². The van der Waals surface area contributed by atoms with Crippen LogP contribution >= 0.6 is 23.2 Å². The van der Waals surface area contributed by atoms with Crippen molar-refractivity contribution in [1.29, 1.82) is 0 Å². The molecule has 1 unspecified atom stereocenters. The number of hydrogen-bond donors (Lipinski definition) is 4. The lowest BCUT2D eigenvalue weighted by molar-refractivity contribution is -0.0511. The molecule has 4 atom stereocenters. The summed E-state index contributed by atoms with van der Waals surface area (Å²) in [5.74, 6) is 0.464. The first-order chi connectivity index (χ1) is 13.5. The SMILES string of the molecule is OC[C@H]1OC(n2cnc3c(NCc4cc(Cl)ccc4Cl)ncnc32)[C@H](O)[C@@H]1O. The molecule has 0 bridgehead atoms. The number of aliphatic hydroxyl groups excluding tert-OH is 3. The number of imidazole rings is 1. The minimum Gasteiger partial charge on any atom is -0.394 e. The van der Waals surface area contributed by atoms with E-state index < -0.39 is 31.1 Å². The van der Waals surface area contributed by atoms with Gasteiger partial charge in [-0.15, -0.1) is 0 Å². The Bertz CT molecular complexity index is 1000. The van der Waals surface area contributed by atoms with Gasteiger partial charge in [-0.1, -0.05) is 23.2 Å². The molecule has 9 nitrogen and oxygen atoms in total. The number of ether oxygens (including phenoxy) is 1. The van der Waals surface area contributed by atoms with Crippen LogP contribution in [0.4, 0.5) is 5.82 Å². The molecule has 0 saturated carbocycles. The Morgan fingerprint density at radius 2 is 1.96 bits per heavy atom. The van der Waals surface area contributed by atoms with Crippen molar-refractivity contribution in [3.8, 4) is 0 Å². The molecule has 1 aliphatic heterocycles. The number of nitrogens with zero attached hydrogens (tertiary/aromatic N) is 4. The van der Waals surface area contributed by atoms with Gasteiger partial charge < -0.3 is 25.4 Å². The number of aliphatic hydroxyl groups is 3. The van der Waals surface area contributed by atoms with Crippen LogP contribution in [0, 0.1) is 0 Å².